The molecule has 1 N–H and O–H groups in total. The van der Waals surface area contributed by atoms with E-state index in [1.807, 2.05) is 0 Å². The second-order valence-corrected chi connectivity index (χ2v) is 6.61. The summed E-state index contributed by atoms with van der Waals surface area (Å²) in [6, 6.07) is 8.34. The molecule has 8 nitrogen and oxygen atoms in total. The third-order valence-corrected chi connectivity index (χ3v) is 4.49. The number of ketones is 1. The van der Waals surface area contributed by atoms with E-state index in [-0.39, 0.29) is 22.4 Å². The van der Waals surface area contributed by atoms with Gasteiger partial charge in [0.25, 0.3) is 11.8 Å². The van der Waals surface area contributed by atoms with Crippen LogP contribution in [0.1, 0.15) is 44.9 Å². The fourth-order valence-electron chi connectivity index (χ4n) is 3.02. The minimum atomic E-state index is -1.27. The van der Waals surface area contributed by atoms with Gasteiger partial charge in [-0.15, -0.1) is 0 Å². The molecule has 3 rings (SSSR count). The number of anilines is 1. The van der Waals surface area contributed by atoms with E-state index >= 15 is 0 Å². The summed E-state index contributed by atoms with van der Waals surface area (Å²) in [5.41, 5.74) is 0.206. The lowest BCUT2D eigenvalue weighted by molar-refractivity contribution is -0.146. The van der Waals surface area contributed by atoms with Gasteiger partial charge in [-0.05, 0) is 37.3 Å². The van der Waals surface area contributed by atoms with Crippen molar-refractivity contribution in [2.24, 2.45) is 0 Å². The maximum absolute atomic E-state index is 14.1. The Kier molecular flexibility index (Phi) is 5.72. The highest BCUT2D eigenvalue weighted by Gasteiger charge is 2.41. The van der Waals surface area contributed by atoms with Gasteiger partial charge in [-0.25, -0.2) is 9.18 Å². The number of carbonyl (C=O) groups excluding carboxylic acids is 5. The summed E-state index contributed by atoms with van der Waals surface area (Å²) in [4.78, 5) is 61.1. The molecule has 3 amide bonds. The highest BCUT2D eigenvalue weighted by Crippen LogP contribution is 2.25. The molecule has 0 radical (unpaired) electrons. The molecule has 1 atom stereocenters. The van der Waals surface area contributed by atoms with Crippen molar-refractivity contribution in [3.05, 3.63) is 65.0 Å². The van der Waals surface area contributed by atoms with Crippen molar-refractivity contribution in [1.29, 1.82) is 0 Å². The van der Waals surface area contributed by atoms with Crippen LogP contribution >= 0.6 is 0 Å². The van der Waals surface area contributed by atoms with Gasteiger partial charge >= 0.3 is 5.97 Å². The van der Waals surface area contributed by atoms with Crippen LogP contribution in [0.25, 0.3) is 0 Å². The quantitative estimate of drug-likeness (QED) is 0.443. The number of amides is 3. The van der Waals surface area contributed by atoms with Crippen LogP contribution in [0, 0.1) is 5.82 Å². The van der Waals surface area contributed by atoms with Crippen LogP contribution in [-0.2, 0) is 14.3 Å². The molecule has 1 aliphatic rings. The van der Waals surface area contributed by atoms with E-state index in [0.29, 0.717) is 0 Å². The Morgan fingerprint density at radius 3 is 2.20 bits per heavy atom. The van der Waals surface area contributed by atoms with Crippen LogP contribution in [0.2, 0.25) is 0 Å². The fraction of sp³-hybridized carbons (Fsp3) is 0.190. The zero-order chi connectivity index (χ0) is 22.0. The minimum absolute atomic E-state index is 0.174. The topological polar surface area (TPSA) is 110 Å². The second kappa shape index (κ2) is 8.24. The number of halogens is 1. The zero-order valence-corrected chi connectivity index (χ0v) is 16.1. The van der Waals surface area contributed by atoms with Crippen molar-refractivity contribution in [1.82, 2.24) is 4.90 Å². The van der Waals surface area contributed by atoms with E-state index in [2.05, 4.69) is 5.32 Å². The summed E-state index contributed by atoms with van der Waals surface area (Å²) in [5, 5.41) is 2.38. The molecule has 1 heterocycles. The van der Waals surface area contributed by atoms with E-state index in [0.717, 1.165) is 17.0 Å². The number of esters is 1. The molecule has 2 aromatic carbocycles. The van der Waals surface area contributed by atoms with E-state index in [9.17, 15) is 28.4 Å². The van der Waals surface area contributed by atoms with Gasteiger partial charge < -0.3 is 10.1 Å². The van der Waals surface area contributed by atoms with Crippen LogP contribution in [-0.4, -0.2) is 47.0 Å². The van der Waals surface area contributed by atoms with E-state index < -0.39 is 47.9 Å². The highest BCUT2D eigenvalue weighted by molar-refractivity contribution is 6.22. The summed E-state index contributed by atoms with van der Waals surface area (Å²) in [6.07, 6.45) is 0. The van der Waals surface area contributed by atoms with Gasteiger partial charge in [-0.2, -0.15) is 0 Å². The van der Waals surface area contributed by atoms with Crippen molar-refractivity contribution >= 4 is 35.2 Å². The maximum Gasteiger partial charge on any atom is 0.329 e. The molecule has 0 aliphatic carbocycles. The van der Waals surface area contributed by atoms with Crippen molar-refractivity contribution in [2.75, 3.05) is 11.9 Å². The maximum atomic E-state index is 14.1. The SMILES string of the molecule is CC(=O)Nc1ccc(C(=O)COC(=O)C(C)N2C(=O)c3ccccc3C2=O)c(F)c1. The number of carbonyl (C=O) groups is 5. The number of Topliss-reactive ketones (excluding diaryl/α,β-unsaturated/α-hetero) is 1. The first-order valence-electron chi connectivity index (χ1n) is 8.94. The predicted molar refractivity (Wildman–Crippen MR) is 102 cm³/mol. The summed E-state index contributed by atoms with van der Waals surface area (Å²) >= 11 is 0. The van der Waals surface area contributed by atoms with Gasteiger partial charge in [0, 0.05) is 12.6 Å². The second-order valence-electron chi connectivity index (χ2n) is 6.61. The average Bonchev–Trinajstić information content (AvgIpc) is 2.95. The first kappa shape index (κ1) is 20.8. The van der Waals surface area contributed by atoms with Crippen molar-refractivity contribution in [2.45, 2.75) is 19.9 Å². The predicted octanol–water partition coefficient (Wildman–Crippen LogP) is 2.19. The first-order chi connectivity index (χ1) is 14.2. The molecule has 0 aromatic heterocycles. The van der Waals surface area contributed by atoms with Crippen LogP contribution in [0.4, 0.5) is 10.1 Å². The Morgan fingerprint density at radius 1 is 1.07 bits per heavy atom. The number of ether oxygens (including phenoxy) is 1. The number of nitrogens with zero attached hydrogens (tertiary/aromatic N) is 1. The van der Waals surface area contributed by atoms with Crippen LogP contribution < -0.4 is 5.32 Å². The normalized spacial score (nSPS) is 13.6. The van der Waals surface area contributed by atoms with Crippen molar-refractivity contribution in [3.63, 3.8) is 0 Å². The third-order valence-electron chi connectivity index (χ3n) is 4.49. The molecule has 1 unspecified atom stereocenters. The minimum Gasteiger partial charge on any atom is -0.456 e. The Morgan fingerprint density at radius 2 is 1.67 bits per heavy atom. The molecular formula is C21H17FN2O6. The Bertz CT molecular complexity index is 1050. The van der Waals surface area contributed by atoms with Crippen LogP contribution in [0.3, 0.4) is 0 Å². The lowest BCUT2D eigenvalue weighted by Gasteiger charge is -2.20. The van der Waals surface area contributed by atoms with Gasteiger partial charge in [0.1, 0.15) is 11.9 Å². The Labute approximate surface area is 170 Å². The smallest absolute Gasteiger partial charge is 0.329 e. The number of hydrogen-bond acceptors (Lipinski definition) is 6. The molecule has 0 bridgehead atoms. The number of benzene rings is 2. The van der Waals surface area contributed by atoms with Crippen LogP contribution in [0.15, 0.2) is 42.5 Å². The molecule has 0 saturated heterocycles. The average molecular weight is 412 g/mol. The number of fused-ring (bicyclic) bond motifs is 1. The standard InChI is InChI=1S/C21H17FN2O6/c1-11(24-19(27)14-5-3-4-6-15(14)20(24)28)21(29)30-10-18(26)16-8-7-13(9-17(16)22)23-12(2)25/h3-9,11H,10H2,1-2H3,(H,23,25). The number of rotatable bonds is 6. The molecule has 1 aliphatic heterocycles. The fourth-order valence-corrected chi connectivity index (χ4v) is 3.02. The third kappa shape index (κ3) is 3.95. The molecule has 0 spiro atoms. The number of imide groups is 1. The highest BCUT2D eigenvalue weighted by atomic mass is 19.1. The molecule has 9 heteroatoms. The van der Waals surface area contributed by atoms with Gasteiger partial charge in [-0.1, -0.05) is 12.1 Å². The van der Waals surface area contributed by atoms with E-state index in [1.54, 1.807) is 12.1 Å². The van der Waals surface area contributed by atoms with Gasteiger partial charge in [0.15, 0.2) is 6.61 Å². The van der Waals surface area contributed by atoms with Gasteiger partial charge in [0.2, 0.25) is 11.7 Å². The Balaban J connectivity index is 1.64. The monoisotopic (exact) mass is 412 g/mol. The molecule has 2 aromatic rings. The first-order valence-corrected chi connectivity index (χ1v) is 8.94. The van der Waals surface area contributed by atoms with E-state index in [1.165, 1.54) is 32.0 Å². The summed E-state index contributed by atoms with van der Waals surface area (Å²) < 4.78 is 19.0. The molecule has 0 saturated carbocycles. The Hall–Kier alpha value is -3.88. The van der Waals surface area contributed by atoms with Crippen molar-refractivity contribution < 1.29 is 33.1 Å². The summed E-state index contributed by atoms with van der Waals surface area (Å²) in [5.74, 6) is -4.35. The number of hydrogen-bond donors (Lipinski definition) is 1. The lowest BCUT2D eigenvalue weighted by atomic mass is 10.1. The summed E-state index contributed by atoms with van der Waals surface area (Å²) in [6.45, 7) is 1.78. The van der Waals surface area contributed by atoms with Gasteiger partial charge in [0.05, 0.1) is 16.7 Å². The molecule has 30 heavy (non-hydrogen) atoms. The van der Waals surface area contributed by atoms with Crippen LogP contribution in [0.5, 0.6) is 0 Å². The molecule has 154 valence electrons. The number of nitrogens with one attached hydrogen (secondary N) is 1. The zero-order valence-electron chi connectivity index (χ0n) is 16.1. The largest absolute Gasteiger partial charge is 0.456 e. The van der Waals surface area contributed by atoms with E-state index in [4.69, 9.17) is 4.74 Å². The summed E-state index contributed by atoms with van der Waals surface area (Å²) in [7, 11) is 0. The molecular weight excluding hydrogens is 395 g/mol. The molecule has 0 fully saturated rings. The van der Waals surface area contributed by atoms with Crippen molar-refractivity contribution in [3.8, 4) is 0 Å². The lowest BCUT2D eigenvalue weighted by Crippen LogP contribution is -2.44. The van der Waals surface area contributed by atoms with Gasteiger partial charge in [-0.3, -0.25) is 24.1 Å².